The Morgan fingerprint density at radius 1 is 1.36 bits per heavy atom. The van der Waals surface area contributed by atoms with E-state index in [0.717, 1.165) is 12.8 Å². The highest BCUT2D eigenvalue weighted by molar-refractivity contribution is 5.76. The molecule has 3 nitrogen and oxygen atoms in total. The fourth-order valence-corrected chi connectivity index (χ4v) is 2.39. The highest BCUT2D eigenvalue weighted by atomic mass is 16.7. The summed E-state index contributed by atoms with van der Waals surface area (Å²) in [6.45, 7) is 2.20. The van der Waals surface area contributed by atoms with Crippen molar-refractivity contribution in [1.82, 2.24) is 0 Å². The minimum atomic E-state index is -0.321. The molecule has 1 heterocycles. The highest BCUT2D eigenvalue weighted by Crippen LogP contribution is 2.38. The summed E-state index contributed by atoms with van der Waals surface area (Å²) in [4.78, 5) is 10.9. The van der Waals surface area contributed by atoms with Crippen LogP contribution >= 0.6 is 0 Å². The van der Waals surface area contributed by atoms with Crippen LogP contribution in [0.4, 0.5) is 0 Å². The molecule has 3 heteroatoms. The third kappa shape index (κ3) is 2.15. The van der Waals surface area contributed by atoms with Gasteiger partial charge in [0.05, 0.1) is 12.7 Å². The SMILES string of the molecule is CC(=O)C[C@H]1COC2(CCCCC2)O1. The quantitative estimate of drug-likeness (QED) is 0.681. The second-order valence-electron chi connectivity index (χ2n) is 4.43. The van der Waals surface area contributed by atoms with Gasteiger partial charge in [-0.25, -0.2) is 0 Å². The summed E-state index contributed by atoms with van der Waals surface area (Å²) >= 11 is 0. The number of rotatable bonds is 2. The normalized spacial score (nSPS) is 30.8. The van der Waals surface area contributed by atoms with Crippen LogP contribution in [0.2, 0.25) is 0 Å². The molecule has 0 bridgehead atoms. The Morgan fingerprint density at radius 3 is 2.71 bits per heavy atom. The first-order valence-electron chi connectivity index (χ1n) is 5.51. The van der Waals surface area contributed by atoms with Crippen LogP contribution < -0.4 is 0 Å². The van der Waals surface area contributed by atoms with Gasteiger partial charge in [-0.05, 0) is 19.8 Å². The molecule has 0 aromatic carbocycles. The topological polar surface area (TPSA) is 35.5 Å². The van der Waals surface area contributed by atoms with E-state index in [1.54, 1.807) is 6.92 Å². The Balaban J connectivity index is 1.89. The largest absolute Gasteiger partial charge is 0.347 e. The predicted molar refractivity (Wildman–Crippen MR) is 51.9 cm³/mol. The molecule has 0 aromatic heterocycles. The van der Waals surface area contributed by atoms with Crippen LogP contribution in [0.25, 0.3) is 0 Å². The van der Waals surface area contributed by atoms with Crippen molar-refractivity contribution in [1.29, 1.82) is 0 Å². The molecular weight excluding hydrogens is 180 g/mol. The lowest BCUT2D eigenvalue weighted by Crippen LogP contribution is -2.33. The second-order valence-corrected chi connectivity index (χ2v) is 4.43. The number of carbonyl (C=O) groups excluding carboxylic acids is 1. The lowest BCUT2D eigenvalue weighted by atomic mass is 9.94. The molecule has 1 atom stereocenters. The van der Waals surface area contributed by atoms with Crippen molar-refractivity contribution >= 4 is 5.78 Å². The molecule has 1 aliphatic heterocycles. The maximum absolute atomic E-state index is 10.9. The van der Waals surface area contributed by atoms with Gasteiger partial charge in [-0.2, -0.15) is 0 Å². The van der Waals surface area contributed by atoms with Crippen molar-refractivity contribution < 1.29 is 14.3 Å². The lowest BCUT2D eigenvalue weighted by Gasteiger charge is -2.31. The van der Waals surface area contributed by atoms with Gasteiger partial charge >= 0.3 is 0 Å². The van der Waals surface area contributed by atoms with Crippen molar-refractivity contribution in [3.8, 4) is 0 Å². The molecule has 2 rings (SSSR count). The Bertz CT molecular complexity index is 219. The first kappa shape index (κ1) is 10.1. The molecule has 1 saturated heterocycles. The van der Waals surface area contributed by atoms with E-state index in [9.17, 15) is 4.79 Å². The van der Waals surface area contributed by atoms with E-state index in [1.165, 1.54) is 19.3 Å². The third-order valence-electron chi connectivity index (χ3n) is 3.04. The standard InChI is InChI=1S/C11H18O3/c1-9(12)7-10-8-13-11(14-10)5-3-2-4-6-11/h10H,2-8H2,1H3/t10-/m0/s1. The Labute approximate surface area is 84.8 Å². The van der Waals surface area contributed by atoms with E-state index in [-0.39, 0.29) is 17.7 Å². The Morgan fingerprint density at radius 2 is 2.07 bits per heavy atom. The van der Waals surface area contributed by atoms with Crippen LogP contribution in [0, 0.1) is 0 Å². The van der Waals surface area contributed by atoms with Crippen molar-refractivity contribution in [2.45, 2.75) is 57.3 Å². The molecular formula is C11H18O3. The smallest absolute Gasteiger partial charge is 0.168 e. The molecule has 0 amide bonds. The lowest BCUT2D eigenvalue weighted by molar-refractivity contribution is -0.187. The van der Waals surface area contributed by atoms with Gasteiger partial charge in [0.25, 0.3) is 0 Å². The van der Waals surface area contributed by atoms with Gasteiger partial charge in [-0.1, -0.05) is 6.42 Å². The van der Waals surface area contributed by atoms with Crippen LogP contribution in [0.15, 0.2) is 0 Å². The molecule has 0 unspecified atom stereocenters. The molecule has 1 aliphatic carbocycles. The zero-order chi connectivity index (χ0) is 10.0. The van der Waals surface area contributed by atoms with E-state index >= 15 is 0 Å². The molecule has 14 heavy (non-hydrogen) atoms. The van der Waals surface area contributed by atoms with Crippen molar-refractivity contribution in [2.24, 2.45) is 0 Å². The number of Topliss-reactive ketones (excluding diaryl/α,β-unsaturated/α-hetero) is 1. The summed E-state index contributed by atoms with van der Waals surface area (Å²) in [5.41, 5.74) is 0. The monoisotopic (exact) mass is 198 g/mol. The van der Waals surface area contributed by atoms with Crippen LogP contribution in [-0.2, 0) is 14.3 Å². The van der Waals surface area contributed by atoms with Crippen molar-refractivity contribution in [3.05, 3.63) is 0 Å². The number of carbonyl (C=O) groups is 1. The molecule has 0 radical (unpaired) electrons. The maximum Gasteiger partial charge on any atom is 0.168 e. The first-order chi connectivity index (χ1) is 6.70. The summed E-state index contributed by atoms with van der Waals surface area (Å²) in [7, 11) is 0. The summed E-state index contributed by atoms with van der Waals surface area (Å²) in [6, 6.07) is 0. The van der Waals surface area contributed by atoms with Gasteiger partial charge in [0, 0.05) is 19.3 Å². The first-order valence-corrected chi connectivity index (χ1v) is 5.51. The average molecular weight is 198 g/mol. The average Bonchev–Trinajstić information content (AvgIpc) is 2.49. The van der Waals surface area contributed by atoms with E-state index in [2.05, 4.69) is 0 Å². The molecule has 80 valence electrons. The zero-order valence-electron chi connectivity index (χ0n) is 8.75. The van der Waals surface area contributed by atoms with Gasteiger partial charge in [0.2, 0.25) is 0 Å². The van der Waals surface area contributed by atoms with E-state index in [0.29, 0.717) is 13.0 Å². The van der Waals surface area contributed by atoms with Gasteiger partial charge in [0.15, 0.2) is 5.79 Å². The zero-order valence-corrected chi connectivity index (χ0v) is 8.75. The minimum absolute atomic E-state index is 0.00519. The number of ketones is 1. The van der Waals surface area contributed by atoms with Gasteiger partial charge in [0.1, 0.15) is 5.78 Å². The van der Waals surface area contributed by atoms with Crippen molar-refractivity contribution in [3.63, 3.8) is 0 Å². The van der Waals surface area contributed by atoms with E-state index in [4.69, 9.17) is 9.47 Å². The van der Waals surface area contributed by atoms with Gasteiger partial charge in [-0.15, -0.1) is 0 Å². The molecule has 1 saturated carbocycles. The Hall–Kier alpha value is -0.410. The molecule has 2 fully saturated rings. The minimum Gasteiger partial charge on any atom is -0.347 e. The fourth-order valence-electron chi connectivity index (χ4n) is 2.39. The predicted octanol–water partition coefficient (Wildman–Crippen LogP) is 2.04. The van der Waals surface area contributed by atoms with Crippen LogP contribution in [-0.4, -0.2) is 24.3 Å². The van der Waals surface area contributed by atoms with E-state index < -0.39 is 0 Å². The molecule has 1 spiro atoms. The number of hydrogen-bond donors (Lipinski definition) is 0. The van der Waals surface area contributed by atoms with Crippen LogP contribution in [0.3, 0.4) is 0 Å². The Kier molecular flexibility index (Phi) is 2.88. The summed E-state index contributed by atoms with van der Waals surface area (Å²) in [5, 5.41) is 0. The summed E-state index contributed by atoms with van der Waals surface area (Å²) in [5.74, 6) is -0.135. The summed E-state index contributed by atoms with van der Waals surface area (Å²) in [6.07, 6.45) is 6.17. The molecule has 0 N–H and O–H groups in total. The van der Waals surface area contributed by atoms with Crippen LogP contribution in [0.5, 0.6) is 0 Å². The second kappa shape index (κ2) is 3.99. The molecule has 2 aliphatic rings. The van der Waals surface area contributed by atoms with Gasteiger partial charge < -0.3 is 9.47 Å². The number of ether oxygens (including phenoxy) is 2. The highest BCUT2D eigenvalue weighted by Gasteiger charge is 2.42. The third-order valence-corrected chi connectivity index (χ3v) is 3.04. The summed E-state index contributed by atoms with van der Waals surface area (Å²) < 4.78 is 11.6. The van der Waals surface area contributed by atoms with E-state index in [1.807, 2.05) is 0 Å². The fraction of sp³-hybridized carbons (Fsp3) is 0.909. The number of hydrogen-bond acceptors (Lipinski definition) is 3. The van der Waals surface area contributed by atoms with Gasteiger partial charge in [-0.3, -0.25) is 4.79 Å². The molecule has 0 aromatic rings. The van der Waals surface area contributed by atoms with Crippen molar-refractivity contribution in [2.75, 3.05) is 6.61 Å². The maximum atomic E-state index is 10.9. The van der Waals surface area contributed by atoms with Crippen LogP contribution in [0.1, 0.15) is 45.4 Å².